The summed E-state index contributed by atoms with van der Waals surface area (Å²) in [5, 5.41) is 12.0. The summed E-state index contributed by atoms with van der Waals surface area (Å²) in [4.78, 5) is 22.9. The smallest absolute Gasteiger partial charge is 0.337 e. The number of hydrogen-bond donors (Lipinski definition) is 3. The summed E-state index contributed by atoms with van der Waals surface area (Å²) in [6, 6.07) is 6.73. The SMILES string of the molecule is O=C1Cc2cc(S(=O)(=O)Nc3cc4c(cc3C(=O)O)OCCO4)ccc2N1. The van der Waals surface area contributed by atoms with Crippen molar-refractivity contribution in [2.75, 3.05) is 23.3 Å². The van der Waals surface area contributed by atoms with E-state index in [0.29, 0.717) is 11.3 Å². The molecule has 2 aliphatic rings. The van der Waals surface area contributed by atoms with Crippen molar-refractivity contribution < 1.29 is 32.6 Å². The molecule has 27 heavy (non-hydrogen) atoms. The highest BCUT2D eigenvalue weighted by molar-refractivity contribution is 7.92. The minimum atomic E-state index is -4.08. The second kappa shape index (κ2) is 6.16. The highest BCUT2D eigenvalue weighted by Crippen LogP contribution is 2.36. The van der Waals surface area contributed by atoms with Gasteiger partial charge in [0, 0.05) is 17.8 Å². The number of carbonyl (C=O) groups is 2. The Kier molecular flexibility index (Phi) is 3.92. The van der Waals surface area contributed by atoms with E-state index >= 15 is 0 Å². The lowest BCUT2D eigenvalue weighted by atomic mass is 10.1. The third-order valence-electron chi connectivity index (χ3n) is 4.17. The van der Waals surface area contributed by atoms with E-state index in [1.165, 1.54) is 30.3 Å². The van der Waals surface area contributed by atoms with Crippen LogP contribution in [0, 0.1) is 0 Å². The molecule has 0 fully saturated rings. The van der Waals surface area contributed by atoms with Gasteiger partial charge in [-0.1, -0.05) is 0 Å². The van der Waals surface area contributed by atoms with Gasteiger partial charge in [-0.15, -0.1) is 0 Å². The average Bonchev–Trinajstić information content (AvgIpc) is 2.99. The number of nitrogens with one attached hydrogen (secondary N) is 2. The summed E-state index contributed by atoms with van der Waals surface area (Å²) >= 11 is 0. The molecular formula is C17H14N2O7S. The number of amides is 1. The largest absolute Gasteiger partial charge is 0.486 e. The fourth-order valence-corrected chi connectivity index (χ4v) is 4.05. The molecule has 2 heterocycles. The van der Waals surface area contributed by atoms with Crippen molar-refractivity contribution in [1.82, 2.24) is 0 Å². The number of carboxylic acid groups (broad SMARTS) is 1. The third-order valence-corrected chi connectivity index (χ3v) is 5.53. The van der Waals surface area contributed by atoms with Crippen molar-refractivity contribution >= 4 is 33.3 Å². The van der Waals surface area contributed by atoms with Crippen molar-refractivity contribution in [3.8, 4) is 11.5 Å². The fourth-order valence-electron chi connectivity index (χ4n) is 2.93. The van der Waals surface area contributed by atoms with Crippen LogP contribution in [0.25, 0.3) is 0 Å². The minimum absolute atomic E-state index is 0.0797. The van der Waals surface area contributed by atoms with Gasteiger partial charge in [0.1, 0.15) is 13.2 Å². The van der Waals surface area contributed by atoms with Crippen molar-refractivity contribution in [3.05, 3.63) is 41.5 Å². The maximum atomic E-state index is 12.7. The van der Waals surface area contributed by atoms with Crippen LogP contribution in [0.1, 0.15) is 15.9 Å². The summed E-state index contributed by atoms with van der Waals surface area (Å²) in [6.45, 7) is 0.552. The zero-order valence-corrected chi connectivity index (χ0v) is 14.6. The van der Waals surface area contributed by atoms with Crippen molar-refractivity contribution in [2.24, 2.45) is 0 Å². The van der Waals surface area contributed by atoms with E-state index in [4.69, 9.17) is 9.47 Å². The first kappa shape index (κ1) is 17.2. The number of carboxylic acids is 1. The number of rotatable bonds is 4. The fraction of sp³-hybridized carbons (Fsp3) is 0.176. The van der Waals surface area contributed by atoms with Gasteiger partial charge >= 0.3 is 5.97 Å². The van der Waals surface area contributed by atoms with Gasteiger partial charge in [-0.05, 0) is 23.8 Å². The molecule has 10 heteroatoms. The van der Waals surface area contributed by atoms with Crippen molar-refractivity contribution in [2.45, 2.75) is 11.3 Å². The number of anilines is 2. The highest BCUT2D eigenvalue weighted by Gasteiger charge is 2.25. The molecule has 9 nitrogen and oxygen atoms in total. The Balaban J connectivity index is 1.72. The van der Waals surface area contributed by atoms with Gasteiger partial charge in [-0.25, -0.2) is 13.2 Å². The molecule has 0 aromatic heterocycles. The van der Waals surface area contributed by atoms with Crippen LogP contribution >= 0.6 is 0 Å². The molecule has 0 radical (unpaired) electrons. The molecule has 140 valence electrons. The summed E-state index contributed by atoms with van der Waals surface area (Å²) in [7, 11) is -4.08. The van der Waals surface area contributed by atoms with Gasteiger partial charge in [0.2, 0.25) is 5.91 Å². The molecule has 0 aliphatic carbocycles. The van der Waals surface area contributed by atoms with Crippen LogP contribution in [0.15, 0.2) is 35.2 Å². The molecule has 1 amide bonds. The molecule has 0 saturated heterocycles. The number of carbonyl (C=O) groups excluding carboxylic acids is 1. The Morgan fingerprint density at radius 2 is 1.81 bits per heavy atom. The summed E-state index contributed by atoms with van der Waals surface area (Å²) in [5.74, 6) is -1.03. The van der Waals surface area contributed by atoms with Gasteiger partial charge in [0.15, 0.2) is 11.5 Å². The Bertz CT molecular complexity index is 1080. The summed E-state index contributed by atoms with van der Waals surface area (Å²) < 4.78 is 38.5. The number of benzene rings is 2. The van der Waals surface area contributed by atoms with Crippen LogP contribution in [0.2, 0.25) is 0 Å². The molecule has 2 aromatic rings. The van der Waals surface area contributed by atoms with E-state index < -0.39 is 16.0 Å². The van der Waals surface area contributed by atoms with Gasteiger partial charge in [-0.3, -0.25) is 9.52 Å². The van der Waals surface area contributed by atoms with E-state index in [2.05, 4.69) is 10.0 Å². The minimum Gasteiger partial charge on any atom is -0.486 e. The maximum Gasteiger partial charge on any atom is 0.337 e. The third kappa shape index (κ3) is 3.14. The molecule has 3 N–H and O–H groups in total. The molecule has 4 rings (SSSR count). The van der Waals surface area contributed by atoms with E-state index in [9.17, 15) is 23.1 Å². The Hall–Kier alpha value is -3.27. The van der Waals surface area contributed by atoms with Gasteiger partial charge in [-0.2, -0.15) is 0 Å². The first-order chi connectivity index (χ1) is 12.8. The average molecular weight is 390 g/mol. The van der Waals surface area contributed by atoms with Crippen LogP contribution in [-0.2, 0) is 21.2 Å². The van der Waals surface area contributed by atoms with Crippen molar-refractivity contribution in [1.29, 1.82) is 0 Å². The molecule has 0 bridgehead atoms. The maximum absolute atomic E-state index is 12.7. The number of hydrogen-bond acceptors (Lipinski definition) is 6. The molecule has 0 unspecified atom stereocenters. The van der Waals surface area contributed by atoms with Gasteiger partial charge in [0.05, 0.1) is 22.6 Å². The number of sulfonamides is 1. The van der Waals surface area contributed by atoms with Crippen LogP contribution in [0.4, 0.5) is 11.4 Å². The lowest BCUT2D eigenvalue weighted by molar-refractivity contribution is -0.115. The van der Waals surface area contributed by atoms with Crippen LogP contribution in [-0.4, -0.2) is 38.6 Å². The molecule has 0 atom stereocenters. The first-order valence-electron chi connectivity index (χ1n) is 7.96. The van der Waals surface area contributed by atoms with Crippen LogP contribution in [0.3, 0.4) is 0 Å². The number of aromatic carboxylic acids is 1. The molecule has 0 spiro atoms. The molecule has 2 aliphatic heterocycles. The predicted molar refractivity (Wildman–Crippen MR) is 94.0 cm³/mol. The van der Waals surface area contributed by atoms with Crippen LogP contribution < -0.4 is 19.5 Å². The first-order valence-corrected chi connectivity index (χ1v) is 9.44. The Morgan fingerprint density at radius 3 is 2.52 bits per heavy atom. The summed E-state index contributed by atoms with van der Waals surface area (Å²) in [5.41, 5.74) is 0.718. The van der Waals surface area contributed by atoms with E-state index in [-0.39, 0.29) is 53.2 Å². The quantitative estimate of drug-likeness (QED) is 0.720. The normalized spacial score (nSPS) is 15.0. The lowest BCUT2D eigenvalue weighted by Gasteiger charge is -2.20. The summed E-state index contributed by atoms with van der Waals surface area (Å²) in [6.07, 6.45) is 0.0864. The zero-order chi connectivity index (χ0) is 19.2. The van der Waals surface area contributed by atoms with E-state index in [1.807, 2.05) is 0 Å². The topological polar surface area (TPSA) is 131 Å². The Morgan fingerprint density at radius 1 is 1.11 bits per heavy atom. The standard InChI is InChI=1S/C17H14N2O7S/c20-16-6-9-5-10(1-2-12(9)18-16)27(23,24)19-13-8-15-14(25-3-4-26-15)7-11(13)17(21)22/h1-2,5,7-8,19H,3-4,6H2,(H,18,20)(H,21,22). The predicted octanol–water partition coefficient (Wildman–Crippen LogP) is 1.45. The second-order valence-electron chi connectivity index (χ2n) is 6.00. The zero-order valence-electron chi connectivity index (χ0n) is 13.8. The van der Waals surface area contributed by atoms with Crippen LogP contribution in [0.5, 0.6) is 11.5 Å². The Labute approximate surface area is 154 Å². The van der Waals surface area contributed by atoms with E-state index in [0.717, 1.165) is 0 Å². The van der Waals surface area contributed by atoms with Gasteiger partial charge < -0.3 is 19.9 Å². The van der Waals surface area contributed by atoms with Gasteiger partial charge in [0.25, 0.3) is 10.0 Å². The monoisotopic (exact) mass is 390 g/mol. The molecule has 0 saturated carbocycles. The number of fused-ring (bicyclic) bond motifs is 2. The second-order valence-corrected chi connectivity index (χ2v) is 7.68. The van der Waals surface area contributed by atoms with Crippen molar-refractivity contribution in [3.63, 3.8) is 0 Å². The van der Waals surface area contributed by atoms with E-state index in [1.54, 1.807) is 0 Å². The molecule has 2 aromatic carbocycles. The highest BCUT2D eigenvalue weighted by atomic mass is 32.2. The molecular weight excluding hydrogens is 376 g/mol. The number of ether oxygens (including phenoxy) is 2. The lowest BCUT2D eigenvalue weighted by Crippen LogP contribution is -2.19.